The van der Waals surface area contributed by atoms with Crippen molar-refractivity contribution in [3.63, 3.8) is 0 Å². The lowest BCUT2D eigenvalue weighted by Crippen LogP contribution is -2.15. The first kappa shape index (κ1) is 14.3. The number of hydrogen-bond donors (Lipinski definition) is 2. The minimum absolute atomic E-state index is 0.0830. The van der Waals surface area contributed by atoms with Gasteiger partial charge in [-0.15, -0.1) is 0 Å². The number of oxime groups is 1. The average molecular weight is 340 g/mol. The van der Waals surface area contributed by atoms with Crippen LogP contribution in [0.15, 0.2) is 46.2 Å². The molecule has 1 aromatic carbocycles. The summed E-state index contributed by atoms with van der Waals surface area (Å²) in [6.07, 6.45) is 1.52. The van der Waals surface area contributed by atoms with Gasteiger partial charge in [-0.25, -0.2) is 4.39 Å². The highest BCUT2D eigenvalue weighted by molar-refractivity contribution is 9.10. The number of rotatable bonds is 4. The summed E-state index contributed by atoms with van der Waals surface area (Å²) in [6.45, 7) is 0.212. The quantitative estimate of drug-likeness (QED) is 0.388. The molecular weight excluding hydrogens is 329 g/mol. The van der Waals surface area contributed by atoms with E-state index in [1.807, 2.05) is 0 Å². The van der Waals surface area contributed by atoms with Crippen LogP contribution < -0.4 is 10.5 Å². The van der Waals surface area contributed by atoms with Crippen molar-refractivity contribution in [1.82, 2.24) is 4.98 Å². The summed E-state index contributed by atoms with van der Waals surface area (Å²) in [5.41, 5.74) is 6.56. The van der Waals surface area contributed by atoms with E-state index in [0.29, 0.717) is 15.9 Å². The van der Waals surface area contributed by atoms with E-state index in [4.69, 9.17) is 15.7 Å². The highest BCUT2D eigenvalue weighted by Crippen LogP contribution is 2.21. The summed E-state index contributed by atoms with van der Waals surface area (Å²) in [5.74, 6) is -0.0687. The van der Waals surface area contributed by atoms with E-state index in [2.05, 4.69) is 26.1 Å². The van der Waals surface area contributed by atoms with E-state index < -0.39 is 0 Å². The first-order chi connectivity index (χ1) is 9.58. The minimum atomic E-state index is -0.388. The van der Waals surface area contributed by atoms with Crippen LogP contribution in [0, 0.1) is 5.82 Å². The Hall–Kier alpha value is -2.15. The zero-order chi connectivity index (χ0) is 14.5. The Labute approximate surface area is 123 Å². The maximum absolute atomic E-state index is 13.2. The second-order valence-electron chi connectivity index (χ2n) is 3.93. The number of ether oxygens (including phenoxy) is 1. The van der Waals surface area contributed by atoms with Gasteiger partial charge in [0.25, 0.3) is 0 Å². The molecule has 0 aliphatic carbocycles. The van der Waals surface area contributed by atoms with Gasteiger partial charge in [-0.3, -0.25) is 4.98 Å². The van der Waals surface area contributed by atoms with Gasteiger partial charge < -0.3 is 15.7 Å². The molecular formula is C13H11BrFN3O2. The van der Waals surface area contributed by atoms with Crippen LogP contribution in [0.3, 0.4) is 0 Å². The van der Waals surface area contributed by atoms with E-state index >= 15 is 0 Å². The van der Waals surface area contributed by atoms with Crippen LogP contribution >= 0.6 is 15.9 Å². The third-order valence-corrected chi connectivity index (χ3v) is 2.89. The highest BCUT2D eigenvalue weighted by atomic mass is 79.9. The van der Waals surface area contributed by atoms with Crippen LogP contribution in [-0.2, 0) is 6.61 Å². The van der Waals surface area contributed by atoms with Gasteiger partial charge in [-0.1, -0.05) is 21.1 Å². The molecule has 0 unspecified atom stereocenters. The van der Waals surface area contributed by atoms with Gasteiger partial charge >= 0.3 is 0 Å². The zero-order valence-corrected chi connectivity index (χ0v) is 11.8. The molecule has 1 aromatic heterocycles. The van der Waals surface area contributed by atoms with Gasteiger partial charge in [0.2, 0.25) is 0 Å². The minimum Gasteiger partial charge on any atom is -0.489 e. The molecule has 0 fully saturated rings. The summed E-state index contributed by atoms with van der Waals surface area (Å²) in [4.78, 5) is 3.95. The molecule has 7 heteroatoms. The Morgan fingerprint density at radius 3 is 2.90 bits per heavy atom. The van der Waals surface area contributed by atoms with Crippen LogP contribution in [-0.4, -0.2) is 16.0 Å². The molecule has 0 aliphatic heterocycles. The largest absolute Gasteiger partial charge is 0.489 e. The molecule has 1 heterocycles. The normalized spacial score (nSPS) is 11.4. The third-order valence-electron chi connectivity index (χ3n) is 2.44. The fourth-order valence-electron chi connectivity index (χ4n) is 1.53. The molecule has 0 aliphatic rings. The van der Waals surface area contributed by atoms with Gasteiger partial charge in [0.05, 0.1) is 0 Å². The van der Waals surface area contributed by atoms with Crippen molar-refractivity contribution >= 4 is 21.8 Å². The standard InChI is InChI=1S/C13H11BrFN3O2/c14-9-4-10(15)6-11(5-9)20-7-8-1-2-17-12(3-8)13(16)18-19/h1-6,19H,7H2,(H2,16,18). The lowest BCUT2D eigenvalue weighted by atomic mass is 10.2. The Kier molecular flexibility index (Phi) is 4.52. The van der Waals surface area contributed by atoms with E-state index in [-0.39, 0.29) is 18.3 Å². The highest BCUT2D eigenvalue weighted by Gasteiger charge is 2.04. The zero-order valence-electron chi connectivity index (χ0n) is 10.3. The van der Waals surface area contributed by atoms with E-state index in [1.54, 1.807) is 18.2 Å². The lowest BCUT2D eigenvalue weighted by molar-refractivity contribution is 0.304. The Morgan fingerprint density at radius 2 is 2.20 bits per heavy atom. The van der Waals surface area contributed by atoms with Crippen molar-refractivity contribution in [2.24, 2.45) is 10.9 Å². The maximum atomic E-state index is 13.2. The van der Waals surface area contributed by atoms with E-state index in [9.17, 15) is 4.39 Å². The number of amidine groups is 1. The second kappa shape index (κ2) is 6.33. The molecule has 0 spiro atoms. The number of pyridine rings is 1. The number of benzene rings is 1. The van der Waals surface area contributed by atoms with Crippen molar-refractivity contribution < 1.29 is 14.3 Å². The molecule has 0 saturated carbocycles. The summed E-state index contributed by atoms with van der Waals surface area (Å²) in [5, 5.41) is 11.5. The Balaban J connectivity index is 2.11. The van der Waals surface area contributed by atoms with Gasteiger partial charge in [0, 0.05) is 16.7 Å². The Bertz CT molecular complexity index is 629. The number of nitrogens with zero attached hydrogens (tertiary/aromatic N) is 2. The summed E-state index contributed by atoms with van der Waals surface area (Å²) in [7, 11) is 0. The predicted molar refractivity (Wildman–Crippen MR) is 75.2 cm³/mol. The van der Waals surface area contributed by atoms with Gasteiger partial charge in [-0.05, 0) is 29.8 Å². The van der Waals surface area contributed by atoms with Crippen molar-refractivity contribution in [3.8, 4) is 5.75 Å². The molecule has 0 radical (unpaired) electrons. The second-order valence-corrected chi connectivity index (χ2v) is 4.84. The lowest BCUT2D eigenvalue weighted by Gasteiger charge is -2.08. The molecule has 2 aromatic rings. The molecule has 5 nitrogen and oxygen atoms in total. The fourth-order valence-corrected chi connectivity index (χ4v) is 1.98. The van der Waals surface area contributed by atoms with Crippen LogP contribution in [0.5, 0.6) is 5.75 Å². The number of nitrogens with two attached hydrogens (primary N) is 1. The molecule has 20 heavy (non-hydrogen) atoms. The van der Waals surface area contributed by atoms with Crippen molar-refractivity contribution in [3.05, 3.63) is 58.1 Å². The SMILES string of the molecule is N/C(=N/O)c1cc(COc2cc(F)cc(Br)c2)ccn1. The number of halogens is 2. The molecule has 0 bridgehead atoms. The van der Waals surface area contributed by atoms with Crippen LogP contribution in [0.25, 0.3) is 0 Å². The number of hydrogen-bond acceptors (Lipinski definition) is 4. The van der Waals surface area contributed by atoms with Gasteiger partial charge in [0.1, 0.15) is 23.9 Å². The van der Waals surface area contributed by atoms with Crippen molar-refractivity contribution in [2.75, 3.05) is 0 Å². The summed E-state index contributed by atoms with van der Waals surface area (Å²) >= 11 is 3.19. The van der Waals surface area contributed by atoms with Crippen LogP contribution in [0.1, 0.15) is 11.3 Å². The average Bonchev–Trinajstić information content (AvgIpc) is 2.43. The Morgan fingerprint density at radius 1 is 1.40 bits per heavy atom. The van der Waals surface area contributed by atoms with Crippen molar-refractivity contribution in [2.45, 2.75) is 6.61 Å². The molecule has 3 N–H and O–H groups in total. The summed E-state index contributed by atoms with van der Waals surface area (Å²) < 4.78 is 19.3. The van der Waals surface area contributed by atoms with Crippen LogP contribution in [0.2, 0.25) is 0 Å². The third kappa shape index (κ3) is 3.67. The molecule has 104 valence electrons. The topological polar surface area (TPSA) is 80.7 Å². The smallest absolute Gasteiger partial charge is 0.188 e. The first-order valence-electron chi connectivity index (χ1n) is 5.60. The van der Waals surface area contributed by atoms with Crippen LogP contribution in [0.4, 0.5) is 4.39 Å². The molecule has 0 amide bonds. The monoisotopic (exact) mass is 339 g/mol. The molecule has 2 rings (SSSR count). The van der Waals surface area contributed by atoms with Crippen molar-refractivity contribution in [1.29, 1.82) is 0 Å². The van der Waals surface area contributed by atoms with Gasteiger partial charge in [-0.2, -0.15) is 0 Å². The van der Waals surface area contributed by atoms with E-state index in [0.717, 1.165) is 5.56 Å². The van der Waals surface area contributed by atoms with Gasteiger partial charge in [0.15, 0.2) is 5.84 Å². The molecule has 0 atom stereocenters. The molecule has 0 saturated heterocycles. The fraction of sp³-hybridized carbons (Fsp3) is 0.0769. The maximum Gasteiger partial charge on any atom is 0.188 e. The predicted octanol–water partition coefficient (Wildman–Crippen LogP) is 2.66. The summed E-state index contributed by atoms with van der Waals surface area (Å²) in [6, 6.07) is 7.65. The van der Waals surface area contributed by atoms with E-state index in [1.165, 1.54) is 18.3 Å². The number of aromatic nitrogens is 1. The first-order valence-corrected chi connectivity index (χ1v) is 6.39.